The van der Waals surface area contributed by atoms with Gasteiger partial charge in [-0.15, -0.1) is 11.3 Å². The fourth-order valence-corrected chi connectivity index (χ4v) is 2.47. The van der Waals surface area contributed by atoms with Crippen molar-refractivity contribution in [2.24, 2.45) is 0 Å². The first-order valence-corrected chi connectivity index (χ1v) is 6.60. The van der Waals surface area contributed by atoms with Crippen molar-refractivity contribution in [1.82, 2.24) is 0 Å². The van der Waals surface area contributed by atoms with Crippen molar-refractivity contribution >= 4 is 34.6 Å². The van der Waals surface area contributed by atoms with Gasteiger partial charge >= 0.3 is 5.97 Å². The topological polar surface area (TPSA) is 73.1 Å². The van der Waals surface area contributed by atoms with Crippen LogP contribution in [0.4, 0.5) is 5.69 Å². The number of hydrogen-bond donors (Lipinski definition) is 2. The Kier molecular flexibility index (Phi) is 4.05. The summed E-state index contributed by atoms with van der Waals surface area (Å²) in [6.07, 6.45) is 0. The number of halogens is 1. The summed E-state index contributed by atoms with van der Waals surface area (Å²) in [6, 6.07) is 8.61. The molecule has 0 atom stereocenters. The summed E-state index contributed by atoms with van der Waals surface area (Å²) in [5, 5.41) is 22.8. The number of carboxylic acid groups (broad SMARTS) is 1. The number of nitrogens with zero attached hydrogens (tertiary/aromatic N) is 1. The first-order valence-electron chi connectivity index (χ1n) is 5.34. The Bertz CT molecular complexity index is 661. The van der Waals surface area contributed by atoms with Crippen molar-refractivity contribution in [2.45, 2.75) is 6.54 Å². The number of nitriles is 1. The highest BCUT2D eigenvalue weighted by Gasteiger charge is 2.09. The van der Waals surface area contributed by atoms with E-state index in [0.717, 1.165) is 4.88 Å². The number of rotatable bonds is 4. The molecule has 0 amide bonds. The van der Waals surface area contributed by atoms with Crippen LogP contribution in [-0.2, 0) is 6.54 Å². The van der Waals surface area contributed by atoms with Gasteiger partial charge in [-0.05, 0) is 24.3 Å². The molecule has 19 heavy (non-hydrogen) atoms. The Morgan fingerprint density at radius 2 is 2.26 bits per heavy atom. The van der Waals surface area contributed by atoms with Gasteiger partial charge in [-0.3, -0.25) is 0 Å². The zero-order valence-electron chi connectivity index (χ0n) is 9.68. The molecule has 0 saturated heterocycles. The van der Waals surface area contributed by atoms with Crippen molar-refractivity contribution in [3.05, 3.63) is 50.7 Å². The van der Waals surface area contributed by atoms with Gasteiger partial charge in [0.25, 0.3) is 0 Å². The van der Waals surface area contributed by atoms with Crippen LogP contribution in [0.1, 0.15) is 20.8 Å². The second-order valence-corrected chi connectivity index (χ2v) is 5.17. The minimum absolute atomic E-state index is 0.0653. The average Bonchev–Trinajstić information content (AvgIpc) is 2.85. The Balaban J connectivity index is 2.09. The standard InChI is InChI=1S/C13H9ClN2O2S/c14-12-2-1-9(4-11(12)13(17)18)16-6-10-3-8(5-15)7-19-10/h1-4,7,16H,6H2,(H,17,18). The van der Waals surface area contributed by atoms with Crippen molar-refractivity contribution in [2.75, 3.05) is 5.32 Å². The van der Waals surface area contributed by atoms with Crippen molar-refractivity contribution < 1.29 is 9.90 Å². The summed E-state index contributed by atoms with van der Waals surface area (Å²) in [5.74, 6) is -1.06. The molecule has 2 rings (SSSR count). The summed E-state index contributed by atoms with van der Waals surface area (Å²) in [4.78, 5) is 11.9. The van der Waals surface area contributed by atoms with Crippen LogP contribution in [0.2, 0.25) is 5.02 Å². The third-order valence-electron chi connectivity index (χ3n) is 2.45. The molecule has 0 bridgehead atoms. The van der Waals surface area contributed by atoms with Gasteiger partial charge in [0.05, 0.1) is 16.1 Å². The van der Waals surface area contributed by atoms with Gasteiger partial charge in [0, 0.05) is 22.5 Å². The molecular formula is C13H9ClN2O2S. The summed E-state index contributed by atoms with van der Waals surface area (Å²) in [7, 11) is 0. The van der Waals surface area contributed by atoms with Gasteiger partial charge in [0.2, 0.25) is 0 Å². The Labute approximate surface area is 118 Å². The maximum atomic E-state index is 10.9. The van der Waals surface area contributed by atoms with E-state index < -0.39 is 5.97 Å². The predicted molar refractivity (Wildman–Crippen MR) is 74.8 cm³/mol. The zero-order valence-corrected chi connectivity index (χ0v) is 11.3. The van der Waals surface area contributed by atoms with E-state index in [1.807, 2.05) is 0 Å². The normalized spacial score (nSPS) is 9.89. The van der Waals surface area contributed by atoms with E-state index in [0.29, 0.717) is 17.8 Å². The average molecular weight is 293 g/mol. The van der Waals surface area contributed by atoms with Gasteiger partial charge in [0.15, 0.2) is 0 Å². The number of carboxylic acids is 1. The lowest BCUT2D eigenvalue weighted by atomic mass is 10.2. The molecule has 0 saturated carbocycles. The minimum atomic E-state index is -1.06. The first kappa shape index (κ1) is 13.4. The van der Waals surface area contributed by atoms with E-state index in [2.05, 4.69) is 11.4 Å². The van der Waals surface area contributed by atoms with Gasteiger partial charge in [-0.25, -0.2) is 4.79 Å². The predicted octanol–water partition coefficient (Wildman–Crippen LogP) is 3.58. The maximum absolute atomic E-state index is 10.9. The second-order valence-electron chi connectivity index (χ2n) is 3.77. The van der Waals surface area contributed by atoms with E-state index in [1.54, 1.807) is 23.6 Å². The molecule has 0 unspecified atom stereocenters. The number of carbonyl (C=O) groups is 1. The monoisotopic (exact) mass is 292 g/mol. The van der Waals surface area contributed by atoms with E-state index >= 15 is 0 Å². The van der Waals surface area contributed by atoms with Crippen LogP contribution in [0, 0.1) is 11.3 Å². The maximum Gasteiger partial charge on any atom is 0.337 e. The lowest BCUT2D eigenvalue weighted by molar-refractivity contribution is 0.0697. The highest BCUT2D eigenvalue weighted by Crippen LogP contribution is 2.22. The molecule has 2 aromatic rings. The van der Waals surface area contributed by atoms with Crippen molar-refractivity contribution in [3.8, 4) is 6.07 Å². The molecule has 1 aromatic carbocycles. The summed E-state index contributed by atoms with van der Waals surface area (Å²) >= 11 is 7.27. The SMILES string of the molecule is N#Cc1csc(CNc2ccc(Cl)c(C(=O)O)c2)c1. The molecule has 1 heterocycles. The molecule has 96 valence electrons. The van der Waals surface area contributed by atoms with Crippen LogP contribution >= 0.6 is 22.9 Å². The molecule has 0 aliphatic carbocycles. The number of benzene rings is 1. The van der Waals surface area contributed by atoms with Crippen molar-refractivity contribution in [3.63, 3.8) is 0 Å². The Hall–Kier alpha value is -2.03. The largest absolute Gasteiger partial charge is 0.478 e. The van der Waals surface area contributed by atoms with Gasteiger partial charge in [0.1, 0.15) is 6.07 Å². The smallest absolute Gasteiger partial charge is 0.337 e. The molecule has 0 aliphatic rings. The van der Waals surface area contributed by atoms with E-state index in [9.17, 15) is 4.79 Å². The Morgan fingerprint density at radius 1 is 1.47 bits per heavy atom. The van der Waals surface area contributed by atoms with E-state index in [-0.39, 0.29) is 10.6 Å². The molecule has 0 fully saturated rings. The number of anilines is 1. The van der Waals surface area contributed by atoms with Crippen molar-refractivity contribution in [1.29, 1.82) is 5.26 Å². The number of thiophene rings is 1. The summed E-state index contributed by atoms with van der Waals surface area (Å²) in [5.41, 5.74) is 1.37. The van der Waals surface area contributed by atoms with Gasteiger partial charge in [-0.2, -0.15) is 5.26 Å². The van der Waals surface area contributed by atoms with Crippen LogP contribution in [0.25, 0.3) is 0 Å². The van der Waals surface area contributed by atoms with E-state index in [4.69, 9.17) is 22.0 Å². The van der Waals surface area contributed by atoms with Crippen LogP contribution in [0.15, 0.2) is 29.6 Å². The molecule has 4 nitrogen and oxygen atoms in total. The lowest BCUT2D eigenvalue weighted by Crippen LogP contribution is -2.01. The Morgan fingerprint density at radius 3 is 2.89 bits per heavy atom. The molecule has 0 spiro atoms. The highest BCUT2D eigenvalue weighted by atomic mass is 35.5. The summed E-state index contributed by atoms with van der Waals surface area (Å²) in [6.45, 7) is 0.535. The van der Waals surface area contributed by atoms with Crippen LogP contribution in [0.5, 0.6) is 0 Å². The molecule has 2 N–H and O–H groups in total. The molecular weight excluding hydrogens is 284 g/mol. The van der Waals surface area contributed by atoms with Crippen LogP contribution in [0.3, 0.4) is 0 Å². The third-order valence-corrected chi connectivity index (χ3v) is 3.71. The lowest BCUT2D eigenvalue weighted by Gasteiger charge is -2.06. The fourth-order valence-electron chi connectivity index (χ4n) is 1.52. The van der Waals surface area contributed by atoms with Gasteiger partial charge in [-0.1, -0.05) is 11.6 Å². The van der Waals surface area contributed by atoms with Crippen LogP contribution in [-0.4, -0.2) is 11.1 Å². The third kappa shape index (κ3) is 3.25. The first-order chi connectivity index (χ1) is 9.10. The minimum Gasteiger partial charge on any atom is -0.478 e. The quantitative estimate of drug-likeness (QED) is 0.903. The highest BCUT2D eigenvalue weighted by molar-refractivity contribution is 7.10. The molecule has 0 radical (unpaired) electrons. The second kappa shape index (κ2) is 5.74. The molecule has 0 aliphatic heterocycles. The summed E-state index contributed by atoms with van der Waals surface area (Å²) < 4.78 is 0. The number of nitrogens with one attached hydrogen (secondary N) is 1. The van der Waals surface area contributed by atoms with Crippen LogP contribution < -0.4 is 5.32 Å². The molecule has 6 heteroatoms. The fraction of sp³-hybridized carbons (Fsp3) is 0.0769. The van der Waals surface area contributed by atoms with Gasteiger partial charge < -0.3 is 10.4 Å². The molecule has 1 aromatic heterocycles. The number of aromatic carboxylic acids is 1. The van der Waals surface area contributed by atoms with E-state index in [1.165, 1.54) is 17.4 Å². The zero-order chi connectivity index (χ0) is 13.8. The number of hydrogen-bond acceptors (Lipinski definition) is 4.